The highest BCUT2D eigenvalue weighted by molar-refractivity contribution is 7.13. The zero-order valence-corrected chi connectivity index (χ0v) is 15.0. The van der Waals surface area contributed by atoms with Gasteiger partial charge in [-0.1, -0.05) is 0 Å². The van der Waals surface area contributed by atoms with Crippen molar-refractivity contribution in [2.45, 2.75) is 33.0 Å². The lowest BCUT2D eigenvalue weighted by Gasteiger charge is -2.39. The first kappa shape index (κ1) is 17.1. The summed E-state index contributed by atoms with van der Waals surface area (Å²) in [4.78, 5) is 25.3. The van der Waals surface area contributed by atoms with Crippen LogP contribution in [0.25, 0.3) is 0 Å². The number of carbonyl (C=O) groups excluding carboxylic acids is 1. The summed E-state index contributed by atoms with van der Waals surface area (Å²) in [5, 5.41) is 5.37. The van der Waals surface area contributed by atoms with Crippen LogP contribution in [0.4, 0.5) is 5.13 Å². The number of aromatic nitrogens is 3. The van der Waals surface area contributed by atoms with E-state index in [4.69, 9.17) is 0 Å². The molecule has 1 amide bonds. The Kier molecular flexibility index (Phi) is 5.60. The maximum atomic E-state index is 12.1. The first-order valence-corrected chi connectivity index (χ1v) is 9.19. The van der Waals surface area contributed by atoms with Crippen molar-refractivity contribution in [3.05, 3.63) is 29.8 Å². The second kappa shape index (κ2) is 7.87. The molecule has 0 aromatic carbocycles. The van der Waals surface area contributed by atoms with E-state index in [0.717, 1.165) is 38.5 Å². The molecular weight excluding hydrogens is 324 g/mol. The molecule has 1 fully saturated rings. The number of rotatable bonds is 6. The minimum Gasteiger partial charge on any atom is -0.334 e. The molecule has 0 saturated carbocycles. The number of hydrogen-bond acceptors (Lipinski definition) is 6. The van der Waals surface area contributed by atoms with Crippen molar-refractivity contribution in [2.75, 3.05) is 31.5 Å². The summed E-state index contributed by atoms with van der Waals surface area (Å²) in [7, 11) is 0. The van der Waals surface area contributed by atoms with Crippen molar-refractivity contribution >= 4 is 22.4 Å². The van der Waals surface area contributed by atoms with Crippen LogP contribution < -0.4 is 5.32 Å². The molecular formula is C16H24N6OS. The van der Waals surface area contributed by atoms with Gasteiger partial charge in [0, 0.05) is 56.2 Å². The molecule has 1 N–H and O–H groups in total. The first-order chi connectivity index (χ1) is 11.7. The summed E-state index contributed by atoms with van der Waals surface area (Å²) in [5.41, 5.74) is 0. The van der Waals surface area contributed by atoms with Gasteiger partial charge in [-0.25, -0.2) is 9.97 Å². The molecule has 1 aliphatic rings. The summed E-state index contributed by atoms with van der Waals surface area (Å²) in [6.07, 6.45) is 5.59. The predicted molar refractivity (Wildman–Crippen MR) is 95.0 cm³/mol. The normalized spacial score (nSPS) is 19.5. The molecule has 1 saturated heterocycles. The summed E-state index contributed by atoms with van der Waals surface area (Å²) in [5.74, 6) is 1.12. The van der Waals surface area contributed by atoms with Gasteiger partial charge in [0.05, 0.1) is 13.1 Å². The Morgan fingerprint density at radius 2 is 2.25 bits per heavy atom. The number of thiazole rings is 1. The van der Waals surface area contributed by atoms with E-state index < -0.39 is 0 Å². The minimum atomic E-state index is 0.00660. The zero-order valence-electron chi connectivity index (χ0n) is 14.2. The van der Waals surface area contributed by atoms with Crippen LogP contribution in [0.1, 0.15) is 19.7 Å². The number of aryl methyl sites for hydroxylation is 1. The molecule has 1 aliphatic heterocycles. The molecule has 8 heteroatoms. The Hall–Kier alpha value is -1.77. The second-order valence-electron chi connectivity index (χ2n) is 6.07. The molecule has 0 aliphatic carbocycles. The molecule has 7 nitrogen and oxygen atoms in total. The molecule has 2 aromatic rings. The number of carbonyl (C=O) groups is 1. The molecule has 3 rings (SSSR count). The average molecular weight is 348 g/mol. The van der Waals surface area contributed by atoms with E-state index in [-0.39, 0.29) is 5.91 Å². The Balaban J connectivity index is 1.49. The van der Waals surface area contributed by atoms with Gasteiger partial charge < -0.3 is 9.88 Å². The van der Waals surface area contributed by atoms with Crippen LogP contribution in [0.15, 0.2) is 24.0 Å². The van der Waals surface area contributed by atoms with Crippen LogP contribution in [0.3, 0.4) is 0 Å². The Morgan fingerprint density at radius 3 is 2.96 bits per heavy atom. The van der Waals surface area contributed by atoms with Gasteiger partial charge in [-0.2, -0.15) is 0 Å². The van der Waals surface area contributed by atoms with E-state index in [9.17, 15) is 4.79 Å². The van der Waals surface area contributed by atoms with Crippen molar-refractivity contribution in [3.8, 4) is 0 Å². The third-order valence-electron chi connectivity index (χ3n) is 4.38. The number of nitrogens with one attached hydrogen (secondary N) is 1. The largest absolute Gasteiger partial charge is 0.334 e. The van der Waals surface area contributed by atoms with Crippen molar-refractivity contribution in [3.63, 3.8) is 0 Å². The fourth-order valence-electron chi connectivity index (χ4n) is 3.06. The SMILES string of the molecule is CCn1ccnc1CN1CCN(CC(=O)Nc2nccs2)C[C@H]1C. The number of imidazole rings is 1. The molecule has 0 bridgehead atoms. The van der Waals surface area contributed by atoms with Gasteiger partial charge in [0.15, 0.2) is 5.13 Å². The standard InChI is InChI=1S/C16H24N6OS/c1-3-21-6-4-17-14(21)11-22-8-7-20(10-13(22)2)12-15(23)19-16-18-5-9-24-16/h4-6,9,13H,3,7-8,10-12H2,1-2H3,(H,18,19,23)/t13-/m1/s1. The van der Waals surface area contributed by atoms with E-state index in [1.165, 1.54) is 11.3 Å². The molecule has 3 heterocycles. The maximum absolute atomic E-state index is 12.1. The van der Waals surface area contributed by atoms with Gasteiger partial charge in [-0.15, -0.1) is 11.3 Å². The van der Waals surface area contributed by atoms with Gasteiger partial charge >= 0.3 is 0 Å². The van der Waals surface area contributed by atoms with E-state index in [1.54, 1.807) is 6.20 Å². The summed E-state index contributed by atoms with van der Waals surface area (Å²) in [6.45, 7) is 9.30. The van der Waals surface area contributed by atoms with E-state index in [2.05, 4.69) is 43.5 Å². The van der Waals surface area contributed by atoms with Gasteiger partial charge in [0.2, 0.25) is 5.91 Å². The Morgan fingerprint density at radius 1 is 1.38 bits per heavy atom. The Bertz CT molecular complexity index is 655. The van der Waals surface area contributed by atoms with Gasteiger partial charge in [-0.3, -0.25) is 14.6 Å². The minimum absolute atomic E-state index is 0.00660. The topological polar surface area (TPSA) is 66.3 Å². The van der Waals surface area contributed by atoms with Gasteiger partial charge in [0.1, 0.15) is 5.82 Å². The number of hydrogen-bond donors (Lipinski definition) is 1. The quantitative estimate of drug-likeness (QED) is 0.857. The van der Waals surface area contributed by atoms with E-state index in [1.807, 2.05) is 17.8 Å². The molecule has 0 spiro atoms. The van der Waals surface area contributed by atoms with Crippen molar-refractivity contribution < 1.29 is 4.79 Å². The lowest BCUT2D eigenvalue weighted by atomic mass is 10.2. The fraction of sp³-hybridized carbons (Fsp3) is 0.562. The second-order valence-corrected chi connectivity index (χ2v) is 6.96. The molecule has 0 radical (unpaired) electrons. The predicted octanol–water partition coefficient (Wildman–Crippen LogP) is 1.50. The van der Waals surface area contributed by atoms with Crippen molar-refractivity contribution in [2.24, 2.45) is 0 Å². The van der Waals surface area contributed by atoms with E-state index >= 15 is 0 Å². The average Bonchev–Trinajstić information content (AvgIpc) is 3.21. The smallest absolute Gasteiger partial charge is 0.240 e. The van der Waals surface area contributed by atoms with Gasteiger partial charge in [-0.05, 0) is 13.8 Å². The maximum Gasteiger partial charge on any atom is 0.240 e. The highest BCUT2D eigenvalue weighted by Crippen LogP contribution is 2.14. The van der Waals surface area contributed by atoms with Crippen molar-refractivity contribution in [1.82, 2.24) is 24.3 Å². The molecule has 24 heavy (non-hydrogen) atoms. The highest BCUT2D eigenvalue weighted by Gasteiger charge is 2.25. The molecule has 2 aromatic heterocycles. The Labute approximate surface area is 146 Å². The lowest BCUT2D eigenvalue weighted by molar-refractivity contribution is -0.118. The number of nitrogens with zero attached hydrogens (tertiary/aromatic N) is 5. The zero-order chi connectivity index (χ0) is 16.9. The van der Waals surface area contributed by atoms with E-state index in [0.29, 0.717) is 17.7 Å². The molecule has 0 unspecified atom stereocenters. The summed E-state index contributed by atoms with van der Waals surface area (Å²) >= 11 is 1.44. The van der Waals surface area contributed by atoms with Crippen molar-refractivity contribution in [1.29, 1.82) is 0 Å². The summed E-state index contributed by atoms with van der Waals surface area (Å²) in [6, 6.07) is 0.397. The molecule has 130 valence electrons. The highest BCUT2D eigenvalue weighted by atomic mass is 32.1. The van der Waals surface area contributed by atoms with Crippen LogP contribution >= 0.6 is 11.3 Å². The number of piperazine rings is 1. The van der Waals surface area contributed by atoms with Crippen LogP contribution in [0, 0.1) is 0 Å². The number of anilines is 1. The fourth-order valence-corrected chi connectivity index (χ4v) is 3.60. The van der Waals surface area contributed by atoms with Gasteiger partial charge in [0.25, 0.3) is 0 Å². The third kappa shape index (κ3) is 4.19. The summed E-state index contributed by atoms with van der Waals surface area (Å²) < 4.78 is 2.18. The van der Waals surface area contributed by atoms with Crippen LogP contribution in [-0.2, 0) is 17.9 Å². The third-order valence-corrected chi connectivity index (χ3v) is 5.07. The molecule has 1 atom stereocenters. The lowest BCUT2D eigenvalue weighted by Crippen LogP contribution is -2.53. The monoisotopic (exact) mass is 348 g/mol. The van der Waals surface area contributed by atoms with Crippen LogP contribution in [-0.4, -0.2) is 62.5 Å². The van der Waals surface area contributed by atoms with Crippen LogP contribution in [0.5, 0.6) is 0 Å². The van der Waals surface area contributed by atoms with Crippen LogP contribution in [0.2, 0.25) is 0 Å². The first-order valence-electron chi connectivity index (χ1n) is 8.31. The number of amides is 1.